The van der Waals surface area contributed by atoms with Crippen molar-refractivity contribution in [3.05, 3.63) is 65.9 Å². The van der Waals surface area contributed by atoms with E-state index < -0.39 is 17.5 Å². The van der Waals surface area contributed by atoms with Crippen molar-refractivity contribution in [2.75, 3.05) is 24.9 Å². The molecular weight excluding hydrogens is 370 g/mol. The molecule has 144 valence electrons. The number of ether oxygens (including phenoxy) is 2. The molecule has 0 bridgehead atoms. The first-order chi connectivity index (χ1) is 13.5. The molecule has 28 heavy (non-hydrogen) atoms. The fourth-order valence-corrected chi connectivity index (χ4v) is 2.34. The van der Waals surface area contributed by atoms with Gasteiger partial charge in [0, 0.05) is 12.1 Å². The van der Waals surface area contributed by atoms with Crippen LogP contribution < -0.4 is 20.1 Å². The number of rotatable bonds is 6. The molecule has 2 N–H and O–H groups in total. The number of methoxy groups -OCH3 is 2. The Labute approximate surface area is 159 Å². The number of aromatic nitrogens is 2. The zero-order valence-electron chi connectivity index (χ0n) is 15.0. The molecule has 0 fully saturated rings. The molecule has 0 aliphatic heterocycles. The lowest BCUT2D eigenvalue weighted by molar-refractivity contribution is 0.102. The lowest BCUT2D eigenvalue weighted by Crippen LogP contribution is -2.15. The first-order valence-corrected chi connectivity index (χ1v) is 8.09. The Morgan fingerprint density at radius 3 is 2.36 bits per heavy atom. The Morgan fingerprint density at radius 1 is 0.929 bits per heavy atom. The summed E-state index contributed by atoms with van der Waals surface area (Å²) in [6, 6.07) is 11.0. The Kier molecular flexibility index (Phi) is 5.64. The first kappa shape index (κ1) is 19.0. The van der Waals surface area contributed by atoms with E-state index in [9.17, 15) is 13.6 Å². The van der Waals surface area contributed by atoms with E-state index in [1.807, 2.05) is 0 Å². The van der Waals surface area contributed by atoms with Crippen LogP contribution >= 0.6 is 0 Å². The first-order valence-electron chi connectivity index (χ1n) is 8.09. The number of benzene rings is 2. The second-order valence-electron chi connectivity index (χ2n) is 5.57. The molecule has 0 spiro atoms. The van der Waals surface area contributed by atoms with E-state index in [4.69, 9.17) is 9.47 Å². The topological polar surface area (TPSA) is 85.4 Å². The van der Waals surface area contributed by atoms with E-state index in [2.05, 4.69) is 20.8 Å². The standard InChI is InChI=1S/C19H16F2N4O3/c1-27-12-4-6-15(17(10-12)28-2)22-18-8-7-16(24-25-18)19(26)23-14-5-3-11(20)9-13(14)21/h3-10H,1-2H3,(H,22,25)(H,23,26). The molecule has 2 aromatic carbocycles. The van der Waals surface area contributed by atoms with Crippen LogP contribution in [0.15, 0.2) is 48.5 Å². The largest absolute Gasteiger partial charge is 0.497 e. The van der Waals surface area contributed by atoms with Gasteiger partial charge < -0.3 is 20.1 Å². The normalized spacial score (nSPS) is 10.3. The van der Waals surface area contributed by atoms with Crippen molar-refractivity contribution in [2.24, 2.45) is 0 Å². The molecule has 1 amide bonds. The van der Waals surface area contributed by atoms with Gasteiger partial charge in [0.2, 0.25) is 0 Å². The minimum Gasteiger partial charge on any atom is -0.497 e. The third-order valence-corrected chi connectivity index (χ3v) is 3.75. The van der Waals surface area contributed by atoms with Crippen molar-refractivity contribution < 1.29 is 23.0 Å². The van der Waals surface area contributed by atoms with Crippen LogP contribution in [0.3, 0.4) is 0 Å². The molecule has 3 rings (SSSR count). The van der Waals surface area contributed by atoms with Crippen LogP contribution in [0.5, 0.6) is 11.5 Å². The van der Waals surface area contributed by atoms with Crippen LogP contribution in [0.25, 0.3) is 0 Å². The summed E-state index contributed by atoms with van der Waals surface area (Å²) in [5.74, 6) is -0.756. The van der Waals surface area contributed by atoms with Gasteiger partial charge in [-0.3, -0.25) is 4.79 Å². The molecule has 0 aliphatic carbocycles. The number of amides is 1. The van der Waals surface area contributed by atoms with Gasteiger partial charge in [-0.2, -0.15) is 0 Å². The predicted molar refractivity (Wildman–Crippen MR) is 99.2 cm³/mol. The van der Waals surface area contributed by atoms with Crippen molar-refractivity contribution in [3.63, 3.8) is 0 Å². The molecule has 0 unspecified atom stereocenters. The number of carbonyl (C=O) groups is 1. The van der Waals surface area contributed by atoms with Gasteiger partial charge in [0.05, 0.1) is 25.6 Å². The molecule has 0 atom stereocenters. The zero-order chi connectivity index (χ0) is 20.1. The molecule has 3 aromatic rings. The SMILES string of the molecule is COc1ccc(Nc2ccc(C(=O)Nc3ccc(F)cc3F)nn2)c(OC)c1. The second-order valence-corrected chi connectivity index (χ2v) is 5.57. The van der Waals surface area contributed by atoms with Gasteiger partial charge in [0.1, 0.15) is 23.1 Å². The molecule has 0 aliphatic rings. The molecule has 0 saturated heterocycles. The van der Waals surface area contributed by atoms with Crippen LogP contribution in [-0.2, 0) is 0 Å². The van der Waals surface area contributed by atoms with Gasteiger partial charge in [-0.15, -0.1) is 10.2 Å². The quantitative estimate of drug-likeness (QED) is 0.671. The van der Waals surface area contributed by atoms with Crippen LogP contribution in [0.1, 0.15) is 10.5 Å². The maximum atomic E-state index is 13.6. The molecule has 1 heterocycles. The Morgan fingerprint density at radius 2 is 1.71 bits per heavy atom. The molecule has 0 saturated carbocycles. The summed E-state index contributed by atoms with van der Waals surface area (Å²) < 4.78 is 37.0. The van der Waals surface area contributed by atoms with Gasteiger partial charge in [0.15, 0.2) is 11.5 Å². The zero-order valence-corrected chi connectivity index (χ0v) is 15.0. The number of halogens is 2. The Hall–Kier alpha value is -3.75. The van der Waals surface area contributed by atoms with E-state index in [1.54, 1.807) is 25.3 Å². The van der Waals surface area contributed by atoms with E-state index in [0.717, 1.165) is 12.1 Å². The predicted octanol–water partition coefficient (Wildman–Crippen LogP) is 3.77. The summed E-state index contributed by atoms with van der Waals surface area (Å²) >= 11 is 0. The van der Waals surface area contributed by atoms with Crippen LogP contribution in [0, 0.1) is 11.6 Å². The third kappa shape index (κ3) is 4.32. The van der Waals surface area contributed by atoms with Crippen LogP contribution in [-0.4, -0.2) is 30.3 Å². The van der Waals surface area contributed by atoms with Crippen molar-refractivity contribution in [1.82, 2.24) is 10.2 Å². The van der Waals surface area contributed by atoms with Gasteiger partial charge in [-0.05, 0) is 36.4 Å². The van der Waals surface area contributed by atoms with E-state index in [0.29, 0.717) is 29.1 Å². The lowest BCUT2D eigenvalue weighted by atomic mass is 10.2. The summed E-state index contributed by atoms with van der Waals surface area (Å²) in [4.78, 5) is 12.2. The Bertz CT molecular complexity index is 997. The summed E-state index contributed by atoms with van der Waals surface area (Å²) in [6.45, 7) is 0. The number of anilines is 3. The molecule has 1 aromatic heterocycles. The molecule has 9 heteroatoms. The number of carbonyl (C=O) groups excluding carboxylic acids is 1. The maximum Gasteiger partial charge on any atom is 0.276 e. The maximum absolute atomic E-state index is 13.6. The van der Waals surface area contributed by atoms with Crippen molar-refractivity contribution in [2.45, 2.75) is 0 Å². The summed E-state index contributed by atoms with van der Waals surface area (Å²) in [7, 11) is 3.07. The monoisotopic (exact) mass is 386 g/mol. The molecule has 7 nitrogen and oxygen atoms in total. The van der Waals surface area contributed by atoms with Crippen LogP contribution in [0.2, 0.25) is 0 Å². The molecule has 0 radical (unpaired) electrons. The average molecular weight is 386 g/mol. The summed E-state index contributed by atoms with van der Waals surface area (Å²) in [5, 5.41) is 13.1. The van der Waals surface area contributed by atoms with Crippen LogP contribution in [0.4, 0.5) is 26.0 Å². The van der Waals surface area contributed by atoms with Gasteiger partial charge in [0.25, 0.3) is 5.91 Å². The highest BCUT2D eigenvalue weighted by atomic mass is 19.1. The van der Waals surface area contributed by atoms with E-state index in [1.165, 1.54) is 19.2 Å². The second kappa shape index (κ2) is 8.30. The lowest BCUT2D eigenvalue weighted by Gasteiger charge is -2.12. The highest BCUT2D eigenvalue weighted by Crippen LogP contribution is 2.30. The average Bonchev–Trinajstić information content (AvgIpc) is 2.71. The number of hydrogen-bond acceptors (Lipinski definition) is 6. The number of nitrogens with zero attached hydrogens (tertiary/aromatic N) is 2. The van der Waals surface area contributed by atoms with Crippen molar-refractivity contribution in [1.29, 1.82) is 0 Å². The highest BCUT2D eigenvalue weighted by molar-refractivity contribution is 6.02. The number of hydrogen-bond donors (Lipinski definition) is 2. The smallest absolute Gasteiger partial charge is 0.276 e. The fraction of sp³-hybridized carbons (Fsp3) is 0.105. The fourth-order valence-electron chi connectivity index (χ4n) is 2.34. The van der Waals surface area contributed by atoms with E-state index >= 15 is 0 Å². The molecular formula is C19H16F2N4O3. The summed E-state index contributed by atoms with van der Waals surface area (Å²) in [5.41, 5.74) is 0.442. The van der Waals surface area contributed by atoms with Gasteiger partial charge in [-0.1, -0.05) is 0 Å². The third-order valence-electron chi connectivity index (χ3n) is 3.75. The van der Waals surface area contributed by atoms with Crippen molar-refractivity contribution >= 4 is 23.1 Å². The van der Waals surface area contributed by atoms with Gasteiger partial charge in [-0.25, -0.2) is 8.78 Å². The minimum atomic E-state index is -0.883. The number of nitrogens with one attached hydrogen (secondary N) is 2. The van der Waals surface area contributed by atoms with Gasteiger partial charge >= 0.3 is 0 Å². The van der Waals surface area contributed by atoms with Crippen molar-refractivity contribution in [3.8, 4) is 11.5 Å². The highest BCUT2D eigenvalue weighted by Gasteiger charge is 2.13. The summed E-state index contributed by atoms with van der Waals surface area (Å²) in [6.07, 6.45) is 0. The minimum absolute atomic E-state index is 0.0315. The van der Waals surface area contributed by atoms with E-state index in [-0.39, 0.29) is 11.4 Å². The Balaban J connectivity index is 1.72.